The van der Waals surface area contributed by atoms with Crippen LogP contribution in [0.2, 0.25) is 0 Å². The van der Waals surface area contributed by atoms with Crippen molar-refractivity contribution in [3.05, 3.63) is 42.0 Å². The van der Waals surface area contributed by atoms with Gasteiger partial charge in [0.2, 0.25) is 11.8 Å². The summed E-state index contributed by atoms with van der Waals surface area (Å²) in [6, 6.07) is 9.57. The summed E-state index contributed by atoms with van der Waals surface area (Å²) in [5, 5.41) is 5.71. The summed E-state index contributed by atoms with van der Waals surface area (Å²) >= 11 is 0. The lowest BCUT2D eigenvalue weighted by Crippen LogP contribution is -2.56. The fraction of sp³-hybridized carbons (Fsp3) is 0.500. The summed E-state index contributed by atoms with van der Waals surface area (Å²) < 4.78 is 5.30. The predicted octanol–water partition coefficient (Wildman–Crippen LogP) is 1.43. The Morgan fingerprint density at radius 2 is 2.12 bits per heavy atom. The molecule has 0 spiro atoms. The Morgan fingerprint density at radius 3 is 2.81 bits per heavy atom. The second-order valence-corrected chi connectivity index (χ2v) is 7.06. The van der Waals surface area contributed by atoms with E-state index in [2.05, 4.69) is 10.6 Å². The molecule has 0 aromatic heterocycles. The van der Waals surface area contributed by atoms with E-state index in [0.717, 1.165) is 12.1 Å². The molecule has 0 unspecified atom stereocenters. The highest BCUT2D eigenvalue weighted by Crippen LogP contribution is 2.11. The number of piperazine rings is 1. The van der Waals surface area contributed by atoms with Crippen molar-refractivity contribution in [1.82, 2.24) is 15.5 Å². The summed E-state index contributed by atoms with van der Waals surface area (Å²) in [7, 11) is 1.61. The molecule has 26 heavy (non-hydrogen) atoms. The van der Waals surface area contributed by atoms with Crippen molar-refractivity contribution in [1.29, 1.82) is 0 Å². The van der Waals surface area contributed by atoms with Gasteiger partial charge in [0, 0.05) is 33.3 Å². The molecule has 1 saturated heterocycles. The van der Waals surface area contributed by atoms with Crippen molar-refractivity contribution in [3.63, 3.8) is 0 Å². The smallest absolute Gasteiger partial charge is 0.237 e. The molecular formula is C20H29N3O3. The molecule has 0 aliphatic carbocycles. The maximum atomic E-state index is 12.3. The lowest BCUT2D eigenvalue weighted by Gasteiger charge is -2.34. The van der Waals surface area contributed by atoms with Crippen LogP contribution >= 0.6 is 0 Å². The number of nitrogens with one attached hydrogen (secondary N) is 2. The van der Waals surface area contributed by atoms with Crippen LogP contribution in [-0.2, 0) is 14.3 Å². The molecule has 1 fully saturated rings. The van der Waals surface area contributed by atoms with Gasteiger partial charge in [0.25, 0.3) is 0 Å². The van der Waals surface area contributed by atoms with Crippen LogP contribution in [0.5, 0.6) is 0 Å². The maximum Gasteiger partial charge on any atom is 0.237 e. The van der Waals surface area contributed by atoms with Gasteiger partial charge in [-0.2, -0.15) is 0 Å². The molecule has 0 bridgehead atoms. The molecule has 1 atom stereocenters. The number of amides is 2. The SMILES string of the molecule is COC(C)(C)CNC(=O)C[C@@H]1C(=O)NCCN1C/C=C/c1ccccc1. The van der Waals surface area contributed by atoms with Crippen LogP contribution in [-0.4, -0.2) is 61.6 Å². The molecule has 1 aliphatic heterocycles. The zero-order chi connectivity index (χ0) is 19.0. The molecule has 6 heteroatoms. The van der Waals surface area contributed by atoms with E-state index in [1.165, 1.54) is 0 Å². The van der Waals surface area contributed by atoms with E-state index in [4.69, 9.17) is 4.74 Å². The van der Waals surface area contributed by atoms with E-state index in [-0.39, 0.29) is 18.2 Å². The van der Waals surface area contributed by atoms with Gasteiger partial charge in [-0.1, -0.05) is 42.5 Å². The number of hydrogen-bond acceptors (Lipinski definition) is 4. The van der Waals surface area contributed by atoms with Crippen LogP contribution in [0.1, 0.15) is 25.8 Å². The van der Waals surface area contributed by atoms with Gasteiger partial charge in [0.15, 0.2) is 0 Å². The number of nitrogens with zero attached hydrogens (tertiary/aromatic N) is 1. The molecule has 2 rings (SSSR count). The van der Waals surface area contributed by atoms with Crippen LogP contribution in [0.15, 0.2) is 36.4 Å². The average Bonchev–Trinajstić information content (AvgIpc) is 2.64. The van der Waals surface area contributed by atoms with Crippen LogP contribution in [0.3, 0.4) is 0 Å². The summed E-state index contributed by atoms with van der Waals surface area (Å²) in [6.07, 6.45) is 4.21. The highest BCUT2D eigenvalue weighted by Gasteiger charge is 2.31. The van der Waals surface area contributed by atoms with Crippen molar-refractivity contribution >= 4 is 17.9 Å². The Bertz CT molecular complexity index is 628. The van der Waals surface area contributed by atoms with Gasteiger partial charge < -0.3 is 15.4 Å². The third-order valence-electron chi connectivity index (χ3n) is 4.53. The first-order valence-corrected chi connectivity index (χ1v) is 8.96. The van der Waals surface area contributed by atoms with Crippen molar-refractivity contribution < 1.29 is 14.3 Å². The quantitative estimate of drug-likeness (QED) is 0.737. The Hall–Kier alpha value is -2.18. The van der Waals surface area contributed by atoms with Crippen LogP contribution in [0.25, 0.3) is 6.08 Å². The van der Waals surface area contributed by atoms with Gasteiger partial charge in [-0.15, -0.1) is 0 Å². The number of ether oxygens (including phenoxy) is 1. The van der Waals surface area contributed by atoms with Gasteiger partial charge in [0.05, 0.1) is 18.1 Å². The molecular weight excluding hydrogens is 330 g/mol. The van der Waals surface area contributed by atoms with Gasteiger partial charge in [-0.3, -0.25) is 14.5 Å². The van der Waals surface area contributed by atoms with Gasteiger partial charge >= 0.3 is 0 Å². The lowest BCUT2D eigenvalue weighted by molar-refractivity contribution is -0.134. The Morgan fingerprint density at radius 1 is 1.38 bits per heavy atom. The van der Waals surface area contributed by atoms with Crippen LogP contribution in [0, 0.1) is 0 Å². The largest absolute Gasteiger partial charge is 0.377 e. The molecule has 142 valence electrons. The molecule has 1 heterocycles. The predicted molar refractivity (Wildman–Crippen MR) is 103 cm³/mol. The number of methoxy groups -OCH3 is 1. The second kappa shape index (κ2) is 9.50. The highest BCUT2D eigenvalue weighted by atomic mass is 16.5. The molecule has 0 saturated carbocycles. The van der Waals surface area contributed by atoms with Gasteiger partial charge in [-0.25, -0.2) is 0 Å². The minimum Gasteiger partial charge on any atom is -0.377 e. The third-order valence-corrected chi connectivity index (χ3v) is 4.53. The van der Waals surface area contributed by atoms with E-state index >= 15 is 0 Å². The molecule has 1 aromatic carbocycles. The average molecular weight is 359 g/mol. The number of benzene rings is 1. The third kappa shape index (κ3) is 6.28. The number of carbonyl (C=O) groups is 2. The Kier molecular flexibility index (Phi) is 7.36. The van der Waals surface area contributed by atoms with Gasteiger partial charge in [0.1, 0.15) is 0 Å². The van der Waals surface area contributed by atoms with Crippen LogP contribution in [0.4, 0.5) is 0 Å². The molecule has 6 nitrogen and oxygen atoms in total. The van der Waals surface area contributed by atoms with E-state index in [1.807, 2.05) is 61.2 Å². The number of carbonyl (C=O) groups excluding carboxylic acids is 2. The second-order valence-electron chi connectivity index (χ2n) is 7.06. The van der Waals surface area contributed by atoms with Gasteiger partial charge in [-0.05, 0) is 19.4 Å². The van der Waals surface area contributed by atoms with Crippen molar-refractivity contribution in [2.75, 3.05) is 33.3 Å². The van der Waals surface area contributed by atoms with Crippen LogP contribution < -0.4 is 10.6 Å². The van der Waals surface area contributed by atoms with Crippen molar-refractivity contribution in [3.8, 4) is 0 Å². The Balaban J connectivity index is 1.91. The first kappa shape index (κ1) is 20.1. The fourth-order valence-corrected chi connectivity index (χ4v) is 2.72. The normalized spacial score (nSPS) is 18.7. The van der Waals surface area contributed by atoms with E-state index in [9.17, 15) is 9.59 Å². The molecule has 0 radical (unpaired) electrons. The monoisotopic (exact) mass is 359 g/mol. The number of rotatable bonds is 8. The molecule has 2 N–H and O–H groups in total. The van der Waals surface area contributed by atoms with Crippen molar-refractivity contribution in [2.24, 2.45) is 0 Å². The van der Waals surface area contributed by atoms with Crippen molar-refractivity contribution in [2.45, 2.75) is 31.9 Å². The summed E-state index contributed by atoms with van der Waals surface area (Å²) in [5.74, 6) is -0.236. The first-order valence-electron chi connectivity index (χ1n) is 8.96. The highest BCUT2D eigenvalue weighted by molar-refractivity contribution is 5.88. The lowest BCUT2D eigenvalue weighted by atomic mass is 10.1. The zero-order valence-corrected chi connectivity index (χ0v) is 15.8. The number of hydrogen-bond donors (Lipinski definition) is 2. The minimum absolute atomic E-state index is 0.0921. The standard InChI is InChI=1S/C20H29N3O3/c1-20(2,26-3)15-22-18(24)14-17-19(25)21-11-13-23(17)12-7-10-16-8-5-4-6-9-16/h4-10,17H,11-15H2,1-3H3,(H,21,25)(H,22,24)/b10-7+/t17-/m1/s1. The topological polar surface area (TPSA) is 70.7 Å². The Labute approximate surface area is 155 Å². The molecule has 1 aromatic rings. The summed E-state index contributed by atoms with van der Waals surface area (Å²) in [6.45, 7) is 6.18. The zero-order valence-electron chi connectivity index (χ0n) is 15.8. The van der Waals surface area contributed by atoms with E-state index in [1.54, 1.807) is 7.11 Å². The first-order chi connectivity index (χ1) is 12.4. The van der Waals surface area contributed by atoms with E-state index in [0.29, 0.717) is 19.6 Å². The van der Waals surface area contributed by atoms with E-state index < -0.39 is 11.6 Å². The summed E-state index contributed by atoms with van der Waals surface area (Å²) in [4.78, 5) is 26.6. The molecule has 1 aliphatic rings. The molecule has 2 amide bonds. The summed E-state index contributed by atoms with van der Waals surface area (Å²) in [5.41, 5.74) is 0.688. The maximum absolute atomic E-state index is 12.3. The fourth-order valence-electron chi connectivity index (χ4n) is 2.72. The minimum atomic E-state index is -0.449.